The largest absolute Gasteiger partial charge is 0.387 e. The zero-order valence-corrected chi connectivity index (χ0v) is 11.3. The second-order valence-corrected chi connectivity index (χ2v) is 5.48. The lowest BCUT2D eigenvalue weighted by atomic mass is 10.1. The molecule has 18 heavy (non-hydrogen) atoms. The molecule has 3 nitrogen and oxygen atoms in total. The summed E-state index contributed by atoms with van der Waals surface area (Å²) < 4.78 is 0. The van der Waals surface area contributed by atoms with Gasteiger partial charge in [-0.05, 0) is 43.9 Å². The van der Waals surface area contributed by atoms with Crippen LogP contribution in [-0.4, -0.2) is 29.6 Å². The van der Waals surface area contributed by atoms with E-state index >= 15 is 0 Å². The average Bonchev–Trinajstić information content (AvgIpc) is 3.22. The summed E-state index contributed by atoms with van der Waals surface area (Å²) in [4.78, 5) is 2.26. The first-order chi connectivity index (χ1) is 8.61. The molecule has 1 saturated carbocycles. The smallest absolute Gasteiger partial charge is 0.0916 e. The zero-order valence-electron chi connectivity index (χ0n) is 11.3. The molecule has 0 aliphatic heterocycles. The molecule has 0 bridgehead atoms. The molecule has 0 amide bonds. The van der Waals surface area contributed by atoms with Crippen LogP contribution in [0.25, 0.3) is 0 Å². The maximum Gasteiger partial charge on any atom is 0.0916 e. The number of hydrogen-bond donors (Lipinski definition) is 2. The van der Waals surface area contributed by atoms with E-state index in [1.54, 1.807) is 0 Å². The van der Waals surface area contributed by atoms with Crippen LogP contribution in [0.5, 0.6) is 0 Å². The maximum absolute atomic E-state index is 10.2. The number of aliphatic hydroxyl groups excluding tert-OH is 1. The number of benzene rings is 1. The van der Waals surface area contributed by atoms with E-state index in [1.807, 2.05) is 24.3 Å². The summed E-state index contributed by atoms with van der Waals surface area (Å²) in [7, 11) is 2.10. The Labute approximate surface area is 110 Å². The molecular formula is C15H24N2O. The molecule has 1 aliphatic rings. The van der Waals surface area contributed by atoms with Gasteiger partial charge in [0, 0.05) is 19.1 Å². The molecule has 100 valence electrons. The van der Waals surface area contributed by atoms with Gasteiger partial charge >= 0.3 is 0 Å². The highest BCUT2D eigenvalue weighted by molar-refractivity contribution is 5.24. The number of likely N-dealkylation sites (N-methyl/N-ethyl adjacent to an activating group) is 1. The molecular weight excluding hydrogens is 224 g/mol. The molecule has 1 aromatic carbocycles. The topological polar surface area (TPSA) is 49.5 Å². The maximum atomic E-state index is 10.2. The quantitative estimate of drug-likeness (QED) is 0.808. The molecule has 1 aromatic rings. The first kappa shape index (κ1) is 13.5. The summed E-state index contributed by atoms with van der Waals surface area (Å²) in [5.74, 6) is 0.835. The Hall–Kier alpha value is -0.900. The van der Waals surface area contributed by atoms with Gasteiger partial charge in [0.1, 0.15) is 0 Å². The van der Waals surface area contributed by atoms with E-state index in [4.69, 9.17) is 5.73 Å². The van der Waals surface area contributed by atoms with Crippen LogP contribution >= 0.6 is 0 Å². The molecule has 0 spiro atoms. The fourth-order valence-electron chi connectivity index (χ4n) is 2.36. The van der Waals surface area contributed by atoms with Crippen LogP contribution in [-0.2, 0) is 6.54 Å². The molecule has 2 unspecified atom stereocenters. The van der Waals surface area contributed by atoms with Gasteiger partial charge in [0.25, 0.3) is 0 Å². The molecule has 3 N–H and O–H groups in total. The molecule has 0 saturated heterocycles. The van der Waals surface area contributed by atoms with Crippen molar-refractivity contribution in [2.75, 3.05) is 13.6 Å². The number of hydrogen-bond acceptors (Lipinski definition) is 3. The molecule has 3 heteroatoms. The van der Waals surface area contributed by atoms with E-state index in [1.165, 1.54) is 12.8 Å². The third-order valence-corrected chi connectivity index (χ3v) is 4.06. The van der Waals surface area contributed by atoms with Crippen LogP contribution in [0, 0.1) is 5.92 Å². The van der Waals surface area contributed by atoms with Gasteiger partial charge in [-0.3, -0.25) is 0 Å². The summed E-state index contributed by atoms with van der Waals surface area (Å²) in [5.41, 5.74) is 7.64. The standard InChI is InChI=1S/C15H24N2O/c1-11(13-7-8-13)17(2)10-15(18)14-5-3-12(9-16)4-6-14/h3-6,11,13,15,18H,7-10,16H2,1-2H3. The summed E-state index contributed by atoms with van der Waals surface area (Å²) in [6.07, 6.45) is 2.27. The lowest BCUT2D eigenvalue weighted by Gasteiger charge is -2.27. The zero-order chi connectivity index (χ0) is 13.1. The van der Waals surface area contributed by atoms with Crippen molar-refractivity contribution in [1.82, 2.24) is 4.90 Å². The molecule has 2 atom stereocenters. The Bertz CT molecular complexity index is 373. The normalized spacial score (nSPS) is 18.9. The van der Waals surface area contributed by atoms with Crippen molar-refractivity contribution in [3.63, 3.8) is 0 Å². The lowest BCUT2D eigenvalue weighted by molar-refractivity contribution is 0.103. The third kappa shape index (κ3) is 3.31. The van der Waals surface area contributed by atoms with Gasteiger partial charge in [-0.2, -0.15) is 0 Å². The molecule has 2 rings (SSSR count). The highest BCUT2D eigenvalue weighted by Gasteiger charge is 2.31. The number of nitrogens with two attached hydrogens (primary N) is 1. The van der Waals surface area contributed by atoms with Crippen LogP contribution in [0.4, 0.5) is 0 Å². The van der Waals surface area contributed by atoms with Crippen LogP contribution in [0.15, 0.2) is 24.3 Å². The Morgan fingerprint density at radius 2 is 1.94 bits per heavy atom. The summed E-state index contributed by atoms with van der Waals surface area (Å²) in [5, 5.41) is 10.2. The third-order valence-electron chi connectivity index (χ3n) is 4.06. The summed E-state index contributed by atoms with van der Waals surface area (Å²) >= 11 is 0. The van der Waals surface area contributed by atoms with Crippen LogP contribution < -0.4 is 5.73 Å². The Kier molecular flexibility index (Phi) is 4.38. The summed E-state index contributed by atoms with van der Waals surface area (Å²) in [6, 6.07) is 8.50. The Balaban J connectivity index is 1.91. The Morgan fingerprint density at radius 3 is 2.44 bits per heavy atom. The van der Waals surface area contributed by atoms with Crippen LogP contribution in [0.3, 0.4) is 0 Å². The number of nitrogens with zero attached hydrogens (tertiary/aromatic N) is 1. The van der Waals surface area contributed by atoms with Crippen molar-refractivity contribution in [2.45, 2.75) is 38.5 Å². The number of rotatable bonds is 6. The SMILES string of the molecule is CC(C1CC1)N(C)CC(O)c1ccc(CN)cc1. The second-order valence-electron chi connectivity index (χ2n) is 5.48. The highest BCUT2D eigenvalue weighted by atomic mass is 16.3. The van der Waals surface area contributed by atoms with Gasteiger partial charge in [-0.1, -0.05) is 24.3 Å². The molecule has 1 fully saturated rings. The minimum Gasteiger partial charge on any atom is -0.387 e. The van der Waals surface area contributed by atoms with Gasteiger partial charge < -0.3 is 15.7 Å². The van der Waals surface area contributed by atoms with E-state index < -0.39 is 6.10 Å². The first-order valence-corrected chi connectivity index (χ1v) is 6.79. The lowest BCUT2D eigenvalue weighted by Crippen LogP contribution is -2.34. The Morgan fingerprint density at radius 1 is 1.33 bits per heavy atom. The van der Waals surface area contributed by atoms with Gasteiger partial charge in [-0.25, -0.2) is 0 Å². The minimum atomic E-state index is -0.414. The first-order valence-electron chi connectivity index (χ1n) is 6.79. The molecule has 1 aliphatic carbocycles. The molecule has 0 radical (unpaired) electrons. The monoisotopic (exact) mass is 248 g/mol. The fourth-order valence-corrected chi connectivity index (χ4v) is 2.36. The van der Waals surface area contributed by atoms with Crippen molar-refractivity contribution in [1.29, 1.82) is 0 Å². The van der Waals surface area contributed by atoms with Crippen molar-refractivity contribution < 1.29 is 5.11 Å². The molecule has 0 heterocycles. The summed E-state index contributed by atoms with van der Waals surface area (Å²) in [6.45, 7) is 3.50. The van der Waals surface area contributed by atoms with E-state index in [2.05, 4.69) is 18.9 Å². The van der Waals surface area contributed by atoms with Gasteiger partial charge in [-0.15, -0.1) is 0 Å². The molecule has 0 aromatic heterocycles. The van der Waals surface area contributed by atoms with Crippen molar-refractivity contribution in [3.05, 3.63) is 35.4 Å². The highest BCUT2D eigenvalue weighted by Crippen LogP contribution is 2.35. The van der Waals surface area contributed by atoms with Crippen LogP contribution in [0.1, 0.15) is 37.0 Å². The van der Waals surface area contributed by atoms with Gasteiger partial charge in [0.15, 0.2) is 0 Å². The van der Waals surface area contributed by atoms with Gasteiger partial charge in [0.2, 0.25) is 0 Å². The predicted molar refractivity (Wildman–Crippen MR) is 74.1 cm³/mol. The number of aliphatic hydroxyl groups is 1. The minimum absolute atomic E-state index is 0.414. The van der Waals surface area contributed by atoms with E-state index in [9.17, 15) is 5.11 Å². The van der Waals surface area contributed by atoms with Crippen molar-refractivity contribution >= 4 is 0 Å². The average molecular weight is 248 g/mol. The second kappa shape index (κ2) is 5.83. The van der Waals surface area contributed by atoms with E-state index in [-0.39, 0.29) is 0 Å². The fraction of sp³-hybridized carbons (Fsp3) is 0.600. The predicted octanol–water partition coefficient (Wildman–Crippen LogP) is 1.91. The van der Waals surface area contributed by atoms with E-state index in [0.717, 1.165) is 17.0 Å². The van der Waals surface area contributed by atoms with Gasteiger partial charge in [0.05, 0.1) is 6.10 Å². The van der Waals surface area contributed by atoms with Crippen molar-refractivity contribution in [3.8, 4) is 0 Å². The van der Waals surface area contributed by atoms with E-state index in [0.29, 0.717) is 19.1 Å². The van der Waals surface area contributed by atoms with Crippen molar-refractivity contribution in [2.24, 2.45) is 11.7 Å². The van der Waals surface area contributed by atoms with Crippen LogP contribution in [0.2, 0.25) is 0 Å².